The molecule has 0 atom stereocenters. The first-order valence-corrected chi connectivity index (χ1v) is 20.1. The number of rotatable bonds is 16. The van der Waals surface area contributed by atoms with E-state index in [9.17, 15) is 4.79 Å². The largest absolute Gasteiger partial charge is 2.00 e. The molecule has 1 nitrogen and oxygen atoms in total. The van der Waals surface area contributed by atoms with Crippen LogP contribution >= 0.6 is 31.7 Å². The minimum Gasteiger partial charge on any atom is -0.796 e. The average molecular weight is 626 g/mol. The smallest absolute Gasteiger partial charge is 0.796 e. The SMILES string of the molecule is CCP(CC)CCP(CC)CC.CCP(CC)CCP(CC)CC.[CH-]=C/C=C(\[S-])C=O.[Ru+2]. The van der Waals surface area contributed by atoms with Gasteiger partial charge in [0.2, 0.25) is 0 Å². The summed E-state index contributed by atoms with van der Waals surface area (Å²) in [6.45, 7) is 23.7. The topological polar surface area (TPSA) is 17.1 Å². The fraction of sp³-hybridized carbons (Fsp3) is 0.800. The van der Waals surface area contributed by atoms with Crippen LogP contribution in [-0.2, 0) is 36.9 Å². The van der Waals surface area contributed by atoms with Crippen molar-refractivity contribution in [2.45, 2.75) is 55.4 Å². The summed E-state index contributed by atoms with van der Waals surface area (Å²) in [6, 6.07) is 0. The summed E-state index contributed by atoms with van der Waals surface area (Å²) in [4.78, 5) is 9.87. The van der Waals surface area contributed by atoms with Gasteiger partial charge in [0.05, 0.1) is 0 Å². The molecule has 0 saturated carbocycles. The second kappa shape index (κ2) is 32.7. The minimum atomic E-state index is 0. The maximum absolute atomic E-state index is 9.65. The minimum absolute atomic E-state index is 0. The van der Waals surface area contributed by atoms with Gasteiger partial charge >= 0.3 is 19.5 Å². The summed E-state index contributed by atoms with van der Waals surface area (Å²) in [5.74, 6) is 0. The number of hydrogen-bond acceptors (Lipinski definition) is 2. The first-order valence-electron chi connectivity index (χ1n) is 12.1. The van der Waals surface area contributed by atoms with Crippen LogP contribution in [0.3, 0.4) is 0 Å². The Balaban J connectivity index is -0.000000188. The summed E-state index contributed by atoms with van der Waals surface area (Å²) in [5, 5.41) is 0. The van der Waals surface area contributed by atoms with E-state index in [2.05, 4.69) is 68.0 Å². The van der Waals surface area contributed by atoms with Crippen LogP contribution in [0.5, 0.6) is 0 Å². The molecule has 0 aromatic heterocycles. The first-order chi connectivity index (χ1) is 14.9. The number of hydrogen-bond donors (Lipinski definition) is 0. The first kappa shape index (κ1) is 40.9. The molecule has 192 valence electrons. The average Bonchev–Trinajstić information content (AvgIpc) is 2.81. The zero-order valence-corrected chi connectivity index (χ0v) is 28.4. The maximum atomic E-state index is 9.65. The molecule has 0 heterocycles. The molecule has 0 N–H and O–H groups in total. The van der Waals surface area contributed by atoms with Gasteiger partial charge in [0, 0.05) is 0 Å². The van der Waals surface area contributed by atoms with E-state index in [4.69, 9.17) is 6.58 Å². The van der Waals surface area contributed by atoms with Crippen molar-refractivity contribution in [3.63, 3.8) is 0 Å². The standard InChI is InChI=1S/2C10H24P2.C5H5OS.Ru/c2*1-5-11(6-2)9-10-12(7-3)8-4;1-2-3-5(7)4-6;/h2*5-10H2,1-4H3;1-4,7H;/q;;-1;+2/p-1/b;;5-3-;. The Morgan fingerprint density at radius 1 is 0.625 bits per heavy atom. The molecular formula is C25H52OP4RuS. The van der Waals surface area contributed by atoms with Crippen LogP contribution in [-0.4, -0.2) is 80.2 Å². The van der Waals surface area contributed by atoms with Gasteiger partial charge in [-0.1, -0.05) is 55.4 Å². The van der Waals surface area contributed by atoms with Crippen LogP contribution in [0.2, 0.25) is 0 Å². The molecule has 0 spiro atoms. The number of carbonyl (C=O) groups excluding carboxylic acids is 1. The van der Waals surface area contributed by atoms with E-state index in [0.717, 1.165) is 0 Å². The van der Waals surface area contributed by atoms with Crippen molar-refractivity contribution in [3.05, 3.63) is 23.6 Å². The van der Waals surface area contributed by atoms with Crippen molar-refractivity contribution in [2.75, 3.05) is 73.9 Å². The third-order valence-corrected chi connectivity index (χ3v) is 16.9. The fourth-order valence-corrected chi connectivity index (χ4v) is 11.8. The van der Waals surface area contributed by atoms with Gasteiger partial charge in [-0.3, -0.25) is 6.58 Å². The van der Waals surface area contributed by atoms with E-state index in [1.807, 2.05) is 0 Å². The molecule has 0 aliphatic carbocycles. The van der Waals surface area contributed by atoms with Crippen molar-refractivity contribution in [1.82, 2.24) is 0 Å². The molecule has 0 aliphatic heterocycles. The van der Waals surface area contributed by atoms with Crippen LogP contribution in [0.1, 0.15) is 55.4 Å². The molecule has 32 heavy (non-hydrogen) atoms. The van der Waals surface area contributed by atoms with Gasteiger partial charge in [-0.2, -0.15) is 0 Å². The molecule has 0 amide bonds. The van der Waals surface area contributed by atoms with E-state index in [-0.39, 0.29) is 24.4 Å². The van der Waals surface area contributed by atoms with Crippen LogP contribution in [0.15, 0.2) is 17.1 Å². The number of carbonyl (C=O) groups is 1. The zero-order chi connectivity index (χ0) is 24.5. The summed E-state index contributed by atoms with van der Waals surface area (Å²) in [5.41, 5.74) is 0. The summed E-state index contributed by atoms with van der Waals surface area (Å²) in [6.07, 6.45) is 20.9. The molecule has 0 aromatic carbocycles. The van der Waals surface area contributed by atoms with Gasteiger partial charge in [-0.05, 0) is 73.9 Å². The van der Waals surface area contributed by atoms with Gasteiger partial charge in [0.15, 0.2) is 0 Å². The molecule has 0 saturated heterocycles. The Labute approximate surface area is 226 Å². The monoisotopic (exact) mass is 626 g/mol. The molecule has 0 aromatic rings. The molecule has 0 aliphatic rings. The molecule has 0 unspecified atom stereocenters. The molecule has 0 bridgehead atoms. The molecular weight excluding hydrogens is 573 g/mol. The van der Waals surface area contributed by atoms with Crippen LogP contribution in [0, 0.1) is 6.58 Å². The van der Waals surface area contributed by atoms with Gasteiger partial charge in [0.1, 0.15) is 6.29 Å². The maximum Gasteiger partial charge on any atom is 2.00 e. The van der Waals surface area contributed by atoms with Crippen LogP contribution in [0.25, 0.3) is 0 Å². The Hall–Kier alpha value is 1.71. The van der Waals surface area contributed by atoms with Gasteiger partial charge < -0.3 is 17.4 Å². The van der Waals surface area contributed by atoms with Gasteiger partial charge in [0.25, 0.3) is 0 Å². The Morgan fingerprint density at radius 2 is 0.844 bits per heavy atom. The van der Waals surface area contributed by atoms with E-state index in [1.54, 1.807) is 24.6 Å². The van der Waals surface area contributed by atoms with Crippen LogP contribution < -0.4 is 0 Å². The van der Waals surface area contributed by atoms with E-state index in [0.29, 0.717) is 38.0 Å². The molecule has 7 heteroatoms. The predicted octanol–water partition coefficient (Wildman–Crippen LogP) is 8.66. The Kier molecular flexibility index (Phi) is 41.8. The van der Waals surface area contributed by atoms with Crippen molar-refractivity contribution in [2.24, 2.45) is 0 Å². The van der Waals surface area contributed by atoms with Crippen molar-refractivity contribution < 1.29 is 24.3 Å². The number of aldehydes is 1. The summed E-state index contributed by atoms with van der Waals surface area (Å²) < 4.78 is 0. The van der Waals surface area contributed by atoms with Crippen molar-refractivity contribution >= 4 is 50.6 Å². The predicted molar refractivity (Wildman–Crippen MR) is 162 cm³/mol. The number of allylic oxidation sites excluding steroid dienone is 3. The quantitative estimate of drug-likeness (QED) is 0.0325. The van der Waals surface area contributed by atoms with E-state index in [1.165, 1.54) is 61.4 Å². The summed E-state index contributed by atoms with van der Waals surface area (Å²) in [7, 11) is 1.66. The second-order valence-electron chi connectivity index (χ2n) is 6.99. The zero-order valence-electron chi connectivity index (χ0n) is 22.3. The molecule has 0 radical (unpaired) electrons. The summed E-state index contributed by atoms with van der Waals surface area (Å²) >= 11 is 4.42. The van der Waals surface area contributed by atoms with Crippen molar-refractivity contribution in [3.8, 4) is 0 Å². The normalized spacial score (nSPS) is 10.9. The molecule has 0 fully saturated rings. The fourth-order valence-electron chi connectivity index (χ4n) is 2.86. The Bertz CT molecular complexity index is 361. The van der Waals surface area contributed by atoms with E-state index < -0.39 is 0 Å². The third-order valence-electron chi connectivity index (χ3n) is 5.42. The Morgan fingerprint density at radius 3 is 0.938 bits per heavy atom. The van der Waals surface area contributed by atoms with Crippen molar-refractivity contribution in [1.29, 1.82) is 0 Å². The third kappa shape index (κ3) is 28.0. The van der Waals surface area contributed by atoms with Gasteiger partial charge in [-0.25, -0.2) is 17.1 Å². The van der Waals surface area contributed by atoms with E-state index >= 15 is 0 Å². The van der Waals surface area contributed by atoms with Crippen LogP contribution in [0.4, 0.5) is 0 Å². The molecule has 0 rings (SSSR count). The van der Waals surface area contributed by atoms with Gasteiger partial charge in [-0.15, -0.1) is 31.7 Å². The second-order valence-corrected chi connectivity index (χ2v) is 19.7.